The third-order valence-electron chi connectivity index (χ3n) is 5.34. The van der Waals surface area contributed by atoms with Crippen LogP contribution in [0.4, 0.5) is 0 Å². The number of benzene rings is 3. The van der Waals surface area contributed by atoms with Crippen LogP contribution in [-0.2, 0) is 9.47 Å². The number of hydrogen-bond donors (Lipinski definition) is 0. The molecule has 0 amide bonds. The number of methoxy groups -OCH3 is 5. The molecule has 8 heteroatoms. The molecule has 0 atom stereocenters. The molecule has 8 nitrogen and oxygen atoms in total. The van der Waals surface area contributed by atoms with Crippen LogP contribution in [0.1, 0.15) is 41.5 Å². The van der Waals surface area contributed by atoms with E-state index >= 15 is 0 Å². The van der Waals surface area contributed by atoms with Crippen molar-refractivity contribution >= 4 is 22.7 Å². The number of rotatable bonds is 7. The third kappa shape index (κ3) is 5.11. The fourth-order valence-electron chi connectivity index (χ4n) is 3.82. The molecule has 3 aromatic carbocycles. The Bertz CT molecular complexity index is 1270. The highest BCUT2D eigenvalue weighted by molar-refractivity contribution is 6.16. The maximum Gasteiger partial charge on any atom is 0.339 e. The first kappa shape index (κ1) is 25.7. The zero-order valence-electron chi connectivity index (χ0n) is 21.2. The summed E-state index contributed by atoms with van der Waals surface area (Å²) >= 11 is 0. The topological polar surface area (TPSA) is 89.5 Å². The molecule has 0 saturated heterocycles. The quantitative estimate of drug-likeness (QED) is 0.420. The van der Waals surface area contributed by atoms with Gasteiger partial charge >= 0.3 is 11.9 Å². The van der Waals surface area contributed by atoms with Crippen LogP contribution < -0.4 is 18.9 Å². The first-order valence-electron chi connectivity index (χ1n) is 10.8. The molecular formula is C27H30O8. The normalized spacial score (nSPS) is 11.1. The number of ether oxygens (including phenoxy) is 6. The van der Waals surface area contributed by atoms with Crippen LogP contribution in [0.5, 0.6) is 23.0 Å². The second-order valence-electron chi connectivity index (χ2n) is 8.66. The Labute approximate surface area is 204 Å². The molecule has 0 N–H and O–H groups in total. The molecule has 0 bridgehead atoms. The highest BCUT2D eigenvalue weighted by Gasteiger charge is 2.27. The first-order chi connectivity index (χ1) is 16.6. The van der Waals surface area contributed by atoms with Crippen molar-refractivity contribution in [1.29, 1.82) is 0 Å². The Morgan fingerprint density at radius 2 is 1.17 bits per heavy atom. The molecule has 0 aromatic heterocycles. The van der Waals surface area contributed by atoms with Crippen molar-refractivity contribution in [2.24, 2.45) is 0 Å². The average molecular weight is 483 g/mol. The summed E-state index contributed by atoms with van der Waals surface area (Å²) in [6, 6.07) is 10.2. The monoisotopic (exact) mass is 482 g/mol. The summed E-state index contributed by atoms with van der Waals surface area (Å²) in [5.74, 6) is 0.665. The maximum absolute atomic E-state index is 13.4. The second kappa shape index (κ2) is 10.1. The van der Waals surface area contributed by atoms with Gasteiger partial charge in [0, 0.05) is 10.9 Å². The van der Waals surface area contributed by atoms with E-state index in [2.05, 4.69) is 0 Å². The van der Waals surface area contributed by atoms with E-state index in [1.165, 1.54) is 34.5 Å². The summed E-state index contributed by atoms with van der Waals surface area (Å²) in [6.07, 6.45) is 0. The molecule has 0 aliphatic rings. The molecule has 0 aliphatic carbocycles. The third-order valence-corrected chi connectivity index (χ3v) is 5.34. The van der Waals surface area contributed by atoms with Crippen LogP contribution in [-0.4, -0.2) is 53.1 Å². The van der Waals surface area contributed by atoms with Crippen LogP contribution in [0.3, 0.4) is 0 Å². The number of hydrogen-bond acceptors (Lipinski definition) is 8. The molecule has 0 unspecified atom stereocenters. The van der Waals surface area contributed by atoms with Crippen molar-refractivity contribution in [3.8, 4) is 34.1 Å². The Kier molecular flexibility index (Phi) is 7.43. The highest BCUT2D eigenvalue weighted by atomic mass is 16.6. The van der Waals surface area contributed by atoms with Gasteiger partial charge in [0.05, 0.1) is 46.7 Å². The molecule has 0 saturated carbocycles. The van der Waals surface area contributed by atoms with E-state index in [1.54, 1.807) is 58.2 Å². The second-order valence-corrected chi connectivity index (χ2v) is 8.66. The van der Waals surface area contributed by atoms with Crippen molar-refractivity contribution in [2.45, 2.75) is 26.4 Å². The average Bonchev–Trinajstić information content (AvgIpc) is 2.84. The lowest BCUT2D eigenvalue weighted by molar-refractivity contribution is 0.00705. The predicted molar refractivity (Wildman–Crippen MR) is 132 cm³/mol. The molecule has 3 aromatic rings. The molecule has 0 spiro atoms. The van der Waals surface area contributed by atoms with Gasteiger partial charge in [0.1, 0.15) is 5.60 Å². The molecular weight excluding hydrogens is 452 g/mol. The van der Waals surface area contributed by atoms with Gasteiger partial charge in [0.25, 0.3) is 0 Å². The van der Waals surface area contributed by atoms with Gasteiger partial charge in [-0.2, -0.15) is 0 Å². The Hall–Kier alpha value is -3.94. The molecule has 3 rings (SSSR count). The Morgan fingerprint density at radius 3 is 1.69 bits per heavy atom. The van der Waals surface area contributed by atoms with Crippen LogP contribution in [0.15, 0.2) is 36.4 Å². The van der Waals surface area contributed by atoms with Crippen LogP contribution >= 0.6 is 0 Å². The zero-order valence-corrected chi connectivity index (χ0v) is 21.2. The fourth-order valence-corrected chi connectivity index (χ4v) is 3.82. The number of carbonyl (C=O) groups is 2. The van der Waals surface area contributed by atoms with Crippen molar-refractivity contribution in [3.05, 3.63) is 47.5 Å². The molecule has 0 radical (unpaired) electrons. The molecule has 0 aliphatic heterocycles. The van der Waals surface area contributed by atoms with Crippen molar-refractivity contribution in [3.63, 3.8) is 0 Å². The number of carbonyl (C=O) groups excluding carboxylic acids is 2. The van der Waals surface area contributed by atoms with E-state index in [4.69, 9.17) is 28.4 Å². The van der Waals surface area contributed by atoms with E-state index in [1.807, 2.05) is 0 Å². The summed E-state index contributed by atoms with van der Waals surface area (Å²) in [5, 5.41) is 1.09. The van der Waals surface area contributed by atoms with Crippen molar-refractivity contribution in [1.82, 2.24) is 0 Å². The molecule has 0 heterocycles. The standard InChI is InChI=1S/C27H30O8/c1-27(2,3)35-26(29)19-12-18(25(28)34-8)16-13-22(32-6)23(33-7)14-17(16)24(19)15-9-10-20(30-4)21(11-15)31-5/h9-14H,1-8H3. The SMILES string of the molecule is COC(=O)c1cc(C(=O)OC(C)(C)C)c(-c2ccc(OC)c(OC)c2)c2cc(OC)c(OC)cc12. The summed E-state index contributed by atoms with van der Waals surface area (Å²) in [5.41, 5.74) is 0.797. The van der Waals surface area contributed by atoms with Crippen LogP contribution in [0, 0.1) is 0 Å². The summed E-state index contributed by atoms with van der Waals surface area (Å²) in [6.45, 7) is 5.32. The largest absolute Gasteiger partial charge is 0.493 e. The summed E-state index contributed by atoms with van der Waals surface area (Å²) < 4.78 is 32.6. The van der Waals surface area contributed by atoms with Gasteiger partial charge in [-0.1, -0.05) is 6.07 Å². The van der Waals surface area contributed by atoms with E-state index < -0.39 is 17.5 Å². The Morgan fingerprint density at radius 1 is 0.629 bits per heavy atom. The zero-order chi connectivity index (χ0) is 25.9. The van der Waals surface area contributed by atoms with Gasteiger partial charge in [0.2, 0.25) is 0 Å². The van der Waals surface area contributed by atoms with Gasteiger partial charge < -0.3 is 28.4 Å². The summed E-state index contributed by atoms with van der Waals surface area (Å²) in [4.78, 5) is 26.2. The van der Waals surface area contributed by atoms with Gasteiger partial charge in [-0.15, -0.1) is 0 Å². The lowest BCUT2D eigenvalue weighted by Gasteiger charge is -2.23. The minimum absolute atomic E-state index is 0.187. The lowest BCUT2D eigenvalue weighted by Crippen LogP contribution is -2.24. The van der Waals surface area contributed by atoms with Crippen molar-refractivity contribution in [2.75, 3.05) is 35.5 Å². The maximum atomic E-state index is 13.4. The van der Waals surface area contributed by atoms with Gasteiger partial charge in [-0.25, -0.2) is 9.59 Å². The van der Waals surface area contributed by atoms with E-state index in [0.717, 1.165) is 0 Å². The Balaban J connectivity index is 2.51. The lowest BCUT2D eigenvalue weighted by atomic mass is 9.89. The minimum atomic E-state index is -0.760. The van der Waals surface area contributed by atoms with Gasteiger partial charge in [0.15, 0.2) is 23.0 Å². The van der Waals surface area contributed by atoms with Crippen molar-refractivity contribution < 1.29 is 38.0 Å². The molecule has 186 valence electrons. The van der Waals surface area contributed by atoms with Crippen LogP contribution in [0.2, 0.25) is 0 Å². The first-order valence-corrected chi connectivity index (χ1v) is 10.8. The number of fused-ring (bicyclic) bond motifs is 1. The van der Waals surface area contributed by atoms with Gasteiger partial charge in [-0.05, 0) is 62.1 Å². The smallest absolute Gasteiger partial charge is 0.339 e. The highest BCUT2D eigenvalue weighted by Crippen LogP contribution is 2.43. The van der Waals surface area contributed by atoms with Gasteiger partial charge in [-0.3, -0.25) is 0 Å². The molecule has 0 fully saturated rings. The van der Waals surface area contributed by atoms with E-state index in [9.17, 15) is 9.59 Å². The minimum Gasteiger partial charge on any atom is -0.493 e. The molecule has 35 heavy (non-hydrogen) atoms. The number of esters is 2. The summed E-state index contributed by atoms with van der Waals surface area (Å²) in [7, 11) is 7.37. The van der Waals surface area contributed by atoms with Crippen LogP contribution in [0.25, 0.3) is 21.9 Å². The van der Waals surface area contributed by atoms with E-state index in [0.29, 0.717) is 44.9 Å². The van der Waals surface area contributed by atoms with E-state index in [-0.39, 0.29) is 11.1 Å². The fraction of sp³-hybridized carbons (Fsp3) is 0.333. The predicted octanol–water partition coefficient (Wildman–Crippen LogP) is 5.28.